The predicted octanol–water partition coefficient (Wildman–Crippen LogP) is 2.99. The highest BCUT2D eigenvalue weighted by Crippen LogP contribution is 2.38. The van der Waals surface area contributed by atoms with Crippen molar-refractivity contribution >= 4 is 17.5 Å². The van der Waals surface area contributed by atoms with Crippen LogP contribution in [0.2, 0.25) is 5.02 Å². The smallest absolute Gasteiger partial charge is 0.246 e. The van der Waals surface area contributed by atoms with Crippen LogP contribution >= 0.6 is 11.6 Å². The molecule has 2 aromatic carbocycles. The van der Waals surface area contributed by atoms with Gasteiger partial charge in [-0.15, -0.1) is 0 Å². The van der Waals surface area contributed by atoms with Gasteiger partial charge in [0, 0.05) is 6.54 Å². The first-order valence-electron chi connectivity index (χ1n) is 8.19. The van der Waals surface area contributed by atoms with Crippen molar-refractivity contribution in [2.45, 2.75) is 13.0 Å². The minimum atomic E-state index is -0.139. The van der Waals surface area contributed by atoms with E-state index in [0.29, 0.717) is 49.3 Å². The largest absolute Gasteiger partial charge is 0.486 e. The summed E-state index contributed by atoms with van der Waals surface area (Å²) in [5.74, 6) is 1.11. The molecule has 0 aliphatic carbocycles. The molecule has 0 atom stereocenters. The summed E-state index contributed by atoms with van der Waals surface area (Å²) >= 11 is 6.20. The van der Waals surface area contributed by atoms with Crippen LogP contribution in [0, 0.1) is 0 Å². The Bertz CT molecular complexity index is 721. The maximum atomic E-state index is 11.8. The molecule has 6 heteroatoms. The first kappa shape index (κ1) is 17.6. The Morgan fingerprint density at radius 2 is 1.92 bits per heavy atom. The number of benzene rings is 2. The van der Waals surface area contributed by atoms with E-state index in [9.17, 15) is 4.79 Å². The van der Waals surface area contributed by atoms with E-state index in [2.05, 4.69) is 5.32 Å². The normalized spacial score (nSPS) is 12.7. The Morgan fingerprint density at radius 1 is 1.12 bits per heavy atom. The summed E-state index contributed by atoms with van der Waals surface area (Å²) < 4.78 is 16.4. The van der Waals surface area contributed by atoms with E-state index in [1.165, 1.54) is 0 Å². The van der Waals surface area contributed by atoms with Crippen LogP contribution in [0.3, 0.4) is 0 Å². The van der Waals surface area contributed by atoms with E-state index in [-0.39, 0.29) is 12.5 Å². The van der Waals surface area contributed by atoms with Gasteiger partial charge in [0.05, 0.1) is 11.6 Å². The summed E-state index contributed by atoms with van der Waals surface area (Å²) in [5.41, 5.74) is 2.03. The van der Waals surface area contributed by atoms with Crippen LogP contribution in [-0.4, -0.2) is 32.3 Å². The molecule has 5 nitrogen and oxygen atoms in total. The van der Waals surface area contributed by atoms with Gasteiger partial charge in [-0.1, -0.05) is 41.9 Å². The summed E-state index contributed by atoms with van der Waals surface area (Å²) in [4.78, 5) is 11.8. The second-order valence-electron chi connectivity index (χ2n) is 5.68. The molecular formula is C19H20ClNO4. The topological polar surface area (TPSA) is 56.8 Å². The van der Waals surface area contributed by atoms with E-state index in [4.69, 9.17) is 25.8 Å². The van der Waals surface area contributed by atoms with Gasteiger partial charge in [-0.2, -0.15) is 0 Å². The molecule has 1 aliphatic heterocycles. The number of ether oxygens (including phenoxy) is 3. The van der Waals surface area contributed by atoms with E-state index < -0.39 is 0 Å². The van der Waals surface area contributed by atoms with Crippen LogP contribution in [0.5, 0.6) is 11.5 Å². The number of halogens is 1. The number of carbonyl (C=O) groups is 1. The maximum Gasteiger partial charge on any atom is 0.246 e. The summed E-state index contributed by atoms with van der Waals surface area (Å²) in [5, 5.41) is 3.37. The Morgan fingerprint density at radius 3 is 2.76 bits per heavy atom. The van der Waals surface area contributed by atoms with Gasteiger partial charge < -0.3 is 19.5 Å². The monoisotopic (exact) mass is 361 g/mol. The molecule has 1 amide bonds. The minimum absolute atomic E-state index is 0.0385. The van der Waals surface area contributed by atoms with Crippen molar-refractivity contribution in [2.75, 3.05) is 26.4 Å². The van der Waals surface area contributed by atoms with Crippen LogP contribution in [0.4, 0.5) is 0 Å². The SMILES string of the molecule is O=C(COCc1ccccc1)NCCc1cc(Cl)c2c(c1)OCCO2. The third kappa shape index (κ3) is 5.11. The average molecular weight is 362 g/mol. The average Bonchev–Trinajstić information content (AvgIpc) is 2.63. The molecule has 2 aromatic rings. The molecule has 0 radical (unpaired) electrons. The first-order valence-corrected chi connectivity index (χ1v) is 8.56. The fourth-order valence-corrected chi connectivity index (χ4v) is 2.83. The molecule has 0 aromatic heterocycles. The Balaban J connectivity index is 1.40. The fourth-order valence-electron chi connectivity index (χ4n) is 2.54. The van der Waals surface area contributed by atoms with Gasteiger partial charge in [0.2, 0.25) is 5.91 Å². The lowest BCUT2D eigenvalue weighted by Gasteiger charge is -2.20. The number of rotatable bonds is 7. The number of carbonyl (C=O) groups excluding carboxylic acids is 1. The maximum absolute atomic E-state index is 11.8. The Hall–Kier alpha value is -2.24. The van der Waals surface area contributed by atoms with Crippen LogP contribution in [0.25, 0.3) is 0 Å². The van der Waals surface area contributed by atoms with Gasteiger partial charge in [-0.3, -0.25) is 4.79 Å². The molecule has 3 rings (SSSR count). The zero-order chi connectivity index (χ0) is 17.5. The number of hydrogen-bond donors (Lipinski definition) is 1. The first-order chi connectivity index (χ1) is 12.2. The lowest BCUT2D eigenvalue weighted by Crippen LogP contribution is -2.29. The third-order valence-electron chi connectivity index (χ3n) is 3.74. The Labute approximate surface area is 151 Å². The van der Waals surface area contributed by atoms with Gasteiger partial charge in [0.15, 0.2) is 11.5 Å². The summed E-state index contributed by atoms with van der Waals surface area (Å²) in [6, 6.07) is 13.5. The zero-order valence-corrected chi connectivity index (χ0v) is 14.6. The van der Waals surface area contributed by atoms with Crippen molar-refractivity contribution in [3.05, 3.63) is 58.6 Å². The van der Waals surface area contributed by atoms with E-state index in [0.717, 1.165) is 11.1 Å². The highest BCUT2D eigenvalue weighted by molar-refractivity contribution is 6.32. The second-order valence-corrected chi connectivity index (χ2v) is 6.09. The molecule has 0 spiro atoms. The van der Waals surface area contributed by atoms with Crippen LogP contribution in [0.15, 0.2) is 42.5 Å². The standard InChI is InChI=1S/C19H20ClNO4/c20-16-10-15(11-17-19(16)25-9-8-24-17)6-7-21-18(22)13-23-12-14-4-2-1-3-5-14/h1-5,10-11H,6-9,12-13H2,(H,21,22). The van der Waals surface area contributed by atoms with Crippen molar-refractivity contribution < 1.29 is 19.0 Å². The number of fused-ring (bicyclic) bond motifs is 1. The fraction of sp³-hybridized carbons (Fsp3) is 0.316. The molecular weight excluding hydrogens is 342 g/mol. The van der Waals surface area contributed by atoms with Crippen molar-refractivity contribution in [2.24, 2.45) is 0 Å². The zero-order valence-electron chi connectivity index (χ0n) is 13.8. The number of amides is 1. The van der Waals surface area contributed by atoms with E-state index in [1.807, 2.05) is 42.5 Å². The quantitative estimate of drug-likeness (QED) is 0.823. The molecule has 132 valence electrons. The summed E-state index contributed by atoms with van der Waals surface area (Å²) in [6.45, 7) is 1.99. The molecule has 25 heavy (non-hydrogen) atoms. The van der Waals surface area contributed by atoms with Gasteiger partial charge in [0.25, 0.3) is 0 Å². The molecule has 0 unspecified atom stereocenters. The van der Waals surface area contributed by atoms with Crippen LogP contribution < -0.4 is 14.8 Å². The lowest BCUT2D eigenvalue weighted by molar-refractivity contribution is -0.126. The number of nitrogens with one attached hydrogen (secondary N) is 1. The molecule has 1 heterocycles. The van der Waals surface area contributed by atoms with Gasteiger partial charge in [-0.05, 0) is 29.7 Å². The van der Waals surface area contributed by atoms with Crippen molar-refractivity contribution in [1.82, 2.24) is 5.32 Å². The van der Waals surface area contributed by atoms with Crippen molar-refractivity contribution in [1.29, 1.82) is 0 Å². The highest BCUT2D eigenvalue weighted by Gasteiger charge is 2.16. The molecule has 1 aliphatic rings. The molecule has 0 saturated heterocycles. The molecule has 0 bridgehead atoms. The van der Waals surface area contributed by atoms with Gasteiger partial charge in [-0.25, -0.2) is 0 Å². The molecule has 1 N–H and O–H groups in total. The second kappa shape index (κ2) is 8.74. The van der Waals surface area contributed by atoms with Gasteiger partial charge >= 0.3 is 0 Å². The van der Waals surface area contributed by atoms with Crippen LogP contribution in [0.1, 0.15) is 11.1 Å². The van der Waals surface area contributed by atoms with Crippen molar-refractivity contribution in [3.8, 4) is 11.5 Å². The summed E-state index contributed by atoms with van der Waals surface area (Å²) in [7, 11) is 0. The number of hydrogen-bond acceptors (Lipinski definition) is 4. The van der Waals surface area contributed by atoms with E-state index in [1.54, 1.807) is 0 Å². The van der Waals surface area contributed by atoms with Crippen LogP contribution in [-0.2, 0) is 22.6 Å². The minimum Gasteiger partial charge on any atom is -0.486 e. The summed E-state index contributed by atoms with van der Waals surface area (Å²) in [6.07, 6.45) is 0.654. The Kier molecular flexibility index (Phi) is 6.14. The molecule has 0 saturated carbocycles. The molecule has 0 fully saturated rings. The highest BCUT2D eigenvalue weighted by atomic mass is 35.5. The predicted molar refractivity (Wildman–Crippen MR) is 95.3 cm³/mol. The van der Waals surface area contributed by atoms with Crippen molar-refractivity contribution in [3.63, 3.8) is 0 Å². The third-order valence-corrected chi connectivity index (χ3v) is 4.02. The lowest BCUT2D eigenvalue weighted by atomic mass is 10.1. The van der Waals surface area contributed by atoms with E-state index >= 15 is 0 Å². The van der Waals surface area contributed by atoms with Gasteiger partial charge in [0.1, 0.15) is 19.8 Å².